The summed E-state index contributed by atoms with van der Waals surface area (Å²) < 4.78 is 71.2. The molecule has 2 fully saturated rings. The van der Waals surface area contributed by atoms with Gasteiger partial charge >= 0.3 is 0 Å². The van der Waals surface area contributed by atoms with E-state index in [4.69, 9.17) is 9.47 Å². The molecule has 1 aromatic rings. The molecule has 2 bridgehead atoms. The van der Waals surface area contributed by atoms with Crippen LogP contribution in [-0.4, -0.2) is 61.6 Å². The molecule has 1 unspecified atom stereocenters. The molecule has 0 amide bonds. The lowest BCUT2D eigenvalue weighted by Crippen LogP contribution is -2.62. The number of rotatable bonds is 4. The minimum absolute atomic E-state index is 0.0238. The van der Waals surface area contributed by atoms with Crippen LogP contribution >= 0.6 is 0 Å². The number of ether oxygens (including phenoxy) is 2. The Labute approximate surface area is 175 Å². The summed E-state index contributed by atoms with van der Waals surface area (Å²) in [6.45, 7) is 3.51. The molecule has 164 valence electrons. The van der Waals surface area contributed by atoms with Crippen molar-refractivity contribution >= 4 is 20.0 Å². The number of hydrogen-bond acceptors (Lipinski definition) is 7. The Morgan fingerprint density at radius 1 is 1.10 bits per heavy atom. The summed E-state index contributed by atoms with van der Waals surface area (Å²) in [6.07, 6.45) is 0.631. The van der Waals surface area contributed by atoms with Crippen molar-refractivity contribution in [3.8, 4) is 0 Å². The van der Waals surface area contributed by atoms with E-state index in [1.165, 1.54) is 24.3 Å². The number of aliphatic hydroxyl groups excluding tert-OH is 1. The van der Waals surface area contributed by atoms with Crippen molar-refractivity contribution in [1.29, 1.82) is 0 Å². The Hall–Kier alpha value is -1.56. The largest absolute Gasteiger partial charge is 0.391 e. The molecule has 2 heterocycles. The highest BCUT2D eigenvalue weighted by Gasteiger charge is 2.64. The van der Waals surface area contributed by atoms with Crippen LogP contribution in [0, 0.1) is 12.8 Å². The van der Waals surface area contributed by atoms with Gasteiger partial charge in [-0.1, -0.05) is 41.5 Å². The fourth-order valence-electron chi connectivity index (χ4n) is 4.54. The lowest BCUT2D eigenvalue weighted by molar-refractivity contribution is -0.142. The first-order valence-electron chi connectivity index (χ1n) is 9.56. The highest BCUT2D eigenvalue weighted by Crippen LogP contribution is 2.48. The normalized spacial score (nSPS) is 36.5. The summed E-state index contributed by atoms with van der Waals surface area (Å²) >= 11 is 0. The van der Waals surface area contributed by atoms with E-state index in [-0.39, 0.29) is 17.9 Å². The SMILES string of the molecule is CC1=CCC([C@H]2[C@H](O)[C@@H](S(=O)(=O)c3ccc(C)cc3)[C@@H]3OC[C@@H]2O3)(S(=O)(=O)O)C=C1. The molecule has 2 aliphatic heterocycles. The Bertz CT molecular complexity index is 1100. The summed E-state index contributed by atoms with van der Waals surface area (Å²) in [5, 5.41) is 9.70. The van der Waals surface area contributed by atoms with Gasteiger partial charge in [-0.3, -0.25) is 4.55 Å². The average molecular weight is 457 g/mol. The Balaban J connectivity index is 1.81. The molecule has 0 spiro atoms. The zero-order valence-corrected chi connectivity index (χ0v) is 18.1. The monoisotopic (exact) mass is 456 g/mol. The lowest BCUT2D eigenvalue weighted by atomic mass is 9.76. The predicted molar refractivity (Wildman–Crippen MR) is 108 cm³/mol. The summed E-state index contributed by atoms with van der Waals surface area (Å²) in [7, 11) is -8.86. The van der Waals surface area contributed by atoms with Crippen LogP contribution in [0.3, 0.4) is 0 Å². The van der Waals surface area contributed by atoms with Crippen LogP contribution < -0.4 is 0 Å². The molecule has 0 saturated carbocycles. The highest BCUT2D eigenvalue weighted by atomic mass is 32.2. The molecule has 3 aliphatic rings. The van der Waals surface area contributed by atoms with E-state index in [9.17, 15) is 26.5 Å². The molecule has 1 aromatic carbocycles. The van der Waals surface area contributed by atoms with Crippen molar-refractivity contribution in [2.75, 3.05) is 6.61 Å². The maximum Gasteiger partial charge on any atom is 0.275 e. The summed E-state index contributed by atoms with van der Waals surface area (Å²) in [6, 6.07) is 6.13. The van der Waals surface area contributed by atoms with Gasteiger partial charge in [0.25, 0.3) is 10.1 Å². The molecule has 2 N–H and O–H groups in total. The molecule has 30 heavy (non-hydrogen) atoms. The van der Waals surface area contributed by atoms with Crippen LogP contribution in [0.1, 0.15) is 18.9 Å². The van der Waals surface area contributed by atoms with Gasteiger partial charge in [-0.25, -0.2) is 8.42 Å². The van der Waals surface area contributed by atoms with Crippen LogP contribution in [0.15, 0.2) is 53.0 Å². The lowest BCUT2D eigenvalue weighted by Gasteiger charge is -2.46. The van der Waals surface area contributed by atoms with Crippen molar-refractivity contribution in [2.45, 2.75) is 53.7 Å². The third kappa shape index (κ3) is 3.26. The molecule has 6 atom stereocenters. The quantitative estimate of drug-likeness (QED) is 0.651. The van der Waals surface area contributed by atoms with E-state index in [2.05, 4.69) is 0 Å². The Morgan fingerprint density at radius 3 is 2.33 bits per heavy atom. The second kappa shape index (κ2) is 7.25. The molecule has 0 radical (unpaired) electrons. The van der Waals surface area contributed by atoms with E-state index < -0.39 is 54.4 Å². The maximum atomic E-state index is 13.4. The number of sulfone groups is 1. The van der Waals surface area contributed by atoms with Crippen LogP contribution in [0.5, 0.6) is 0 Å². The number of fused-ring (bicyclic) bond motifs is 2. The van der Waals surface area contributed by atoms with Gasteiger partial charge < -0.3 is 14.6 Å². The van der Waals surface area contributed by atoms with Gasteiger partial charge in [-0.05, 0) is 32.4 Å². The maximum absolute atomic E-state index is 13.4. The van der Waals surface area contributed by atoms with E-state index in [1.54, 1.807) is 25.1 Å². The number of aryl methyl sites for hydroxylation is 1. The molecular weight excluding hydrogens is 432 g/mol. The van der Waals surface area contributed by atoms with Crippen LogP contribution in [-0.2, 0) is 29.4 Å². The third-order valence-electron chi connectivity index (χ3n) is 6.23. The van der Waals surface area contributed by atoms with Crippen LogP contribution in [0.25, 0.3) is 0 Å². The fraction of sp³-hybridized carbons (Fsp3) is 0.500. The van der Waals surface area contributed by atoms with Crippen LogP contribution in [0.2, 0.25) is 0 Å². The number of hydrogen-bond donors (Lipinski definition) is 2. The summed E-state index contributed by atoms with van der Waals surface area (Å²) in [5.41, 5.74) is 1.66. The van der Waals surface area contributed by atoms with E-state index >= 15 is 0 Å². The van der Waals surface area contributed by atoms with E-state index in [1.807, 2.05) is 6.92 Å². The predicted octanol–water partition coefficient (Wildman–Crippen LogP) is 1.40. The van der Waals surface area contributed by atoms with Gasteiger partial charge in [0, 0.05) is 5.92 Å². The second-order valence-electron chi connectivity index (χ2n) is 8.13. The first kappa shape index (κ1) is 21.7. The molecule has 1 aliphatic carbocycles. The zero-order chi connectivity index (χ0) is 21.9. The van der Waals surface area contributed by atoms with Crippen molar-refractivity contribution in [3.63, 3.8) is 0 Å². The summed E-state index contributed by atoms with van der Waals surface area (Å²) in [5.74, 6) is -1.24. The minimum atomic E-state index is -4.73. The van der Waals surface area contributed by atoms with E-state index in [0.29, 0.717) is 0 Å². The minimum Gasteiger partial charge on any atom is -0.391 e. The van der Waals surface area contributed by atoms with Gasteiger partial charge in [-0.15, -0.1) is 0 Å². The number of aliphatic hydroxyl groups is 1. The topological polar surface area (TPSA) is 127 Å². The van der Waals surface area contributed by atoms with E-state index in [0.717, 1.165) is 11.1 Å². The van der Waals surface area contributed by atoms with Gasteiger partial charge in [-0.2, -0.15) is 8.42 Å². The Morgan fingerprint density at radius 2 is 1.77 bits per heavy atom. The Kier molecular flexibility index (Phi) is 5.23. The average Bonchev–Trinajstić information content (AvgIpc) is 3.06. The van der Waals surface area contributed by atoms with Crippen LogP contribution in [0.4, 0.5) is 0 Å². The van der Waals surface area contributed by atoms with Crippen molar-refractivity contribution in [3.05, 3.63) is 53.6 Å². The van der Waals surface area contributed by atoms with Crippen molar-refractivity contribution < 1.29 is 36.0 Å². The highest BCUT2D eigenvalue weighted by molar-refractivity contribution is 7.92. The van der Waals surface area contributed by atoms with Gasteiger partial charge in [0.05, 0.1) is 23.7 Å². The molecular formula is C20H24O8S2. The first-order valence-corrected chi connectivity index (χ1v) is 12.5. The molecule has 0 aromatic heterocycles. The first-order chi connectivity index (χ1) is 14.0. The van der Waals surface area contributed by atoms with Gasteiger partial charge in [0.2, 0.25) is 0 Å². The summed E-state index contributed by atoms with van der Waals surface area (Å²) in [4.78, 5) is -0.0238. The smallest absolute Gasteiger partial charge is 0.275 e. The van der Waals surface area contributed by atoms with Gasteiger partial charge in [0.1, 0.15) is 10.00 Å². The number of benzene rings is 1. The van der Waals surface area contributed by atoms with Gasteiger partial charge in [0.15, 0.2) is 16.1 Å². The van der Waals surface area contributed by atoms with Crippen molar-refractivity contribution in [1.82, 2.24) is 0 Å². The zero-order valence-electron chi connectivity index (χ0n) is 16.5. The molecule has 8 nitrogen and oxygen atoms in total. The second-order valence-corrected chi connectivity index (χ2v) is 11.9. The third-order valence-corrected chi connectivity index (χ3v) is 9.91. The fourth-order valence-corrected chi connectivity index (χ4v) is 7.52. The number of allylic oxidation sites excluding steroid dienone is 3. The van der Waals surface area contributed by atoms with Crippen molar-refractivity contribution in [2.24, 2.45) is 5.92 Å². The molecule has 2 saturated heterocycles. The standard InChI is InChI=1S/C20H24O8S2/c1-12-3-5-14(6-4-12)29(22,23)18-17(21)16(15-11-27-19(18)28-15)20(30(24,25)26)9-7-13(2)8-10-20/h3-9,15-19,21H,10-11H2,1-2H3,(H,24,25,26)/t15-,16+,17-,18+,19+,20?/m0/s1. The molecule has 4 rings (SSSR count). The molecule has 10 heteroatoms.